The highest BCUT2D eigenvalue weighted by Crippen LogP contribution is 2.19. The van der Waals surface area contributed by atoms with E-state index >= 15 is 0 Å². The van der Waals surface area contributed by atoms with Crippen molar-refractivity contribution in [3.05, 3.63) is 34.6 Å². The van der Waals surface area contributed by atoms with Crippen LogP contribution in [-0.4, -0.2) is 29.8 Å². The highest BCUT2D eigenvalue weighted by molar-refractivity contribution is 6.31. The zero-order valence-corrected chi connectivity index (χ0v) is 9.63. The van der Waals surface area contributed by atoms with Gasteiger partial charge in [0.15, 0.2) is 0 Å². The van der Waals surface area contributed by atoms with Crippen LogP contribution in [0.4, 0.5) is 4.39 Å². The molecule has 90 valence electrons. The Labute approximate surface area is 102 Å². The molecule has 1 saturated heterocycles. The first-order valence-electron chi connectivity index (χ1n) is 5.06. The van der Waals surface area contributed by atoms with Gasteiger partial charge in [-0.3, -0.25) is 19.8 Å². The molecular weight excluding hydrogens is 247 g/mol. The molecule has 1 aliphatic rings. The Morgan fingerprint density at radius 1 is 1.29 bits per heavy atom. The number of amides is 2. The van der Waals surface area contributed by atoms with E-state index in [0.717, 1.165) is 11.0 Å². The van der Waals surface area contributed by atoms with Gasteiger partial charge in [-0.15, -0.1) is 0 Å². The summed E-state index contributed by atoms with van der Waals surface area (Å²) in [5, 5.41) is 2.90. The molecule has 0 aromatic heterocycles. The van der Waals surface area contributed by atoms with Crippen molar-refractivity contribution < 1.29 is 14.0 Å². The van der Waals surface area contributed by atoms with Gasteiger partial charge in [-0.1, -0.05) is 17.7 Å². The van der Waals surface area contributed by atoms with Crippen molar-refractivity contribution in [2.24, 2.45) is 0 Å². The predicted molar refractivity (Wildman–Crippen MR) is 59.8 cm³/mol. The number of hydrogen-bond donors (Lipinski definition) is 1. The minimum atomic E-state index is -0.447. The molecule has 0 radical (unpaired) electrons. The van der Waals surface area contributed by atoms with E-state index in [1.165, 1.54) is 12.1 Å². The zero-order chi connectivity index (χ0) is 12.4. The normalized spacial score (nSPS) is 16.5. The van der Waals surface area contributed by atoms with E-state index in [9.17, 15) is 14.0 Å². The second kappa shape index (κ2) is 4.81. The number of nitrogens with zero attached hydrogens (tertiary/aromatic N) is 1. The van der Waals surface area contributed by atoms with Crippen molar-refractivity contribution >= 4 is 23.4 Å². The number of rotatable bonds is 2. The van der Waals surface area contributed by atoms with Gasteiger partial charge in [0.1, 0.15) is 5.82 Å². The smallest absolute Gasteiger partial charge is 0.243 e. The summed E-state index contributed by atoms with van der Waals surface area (Å²) in [4.78, 5) is 24.1. The fourth-order valence-corrected chi connectivity index (χ4v) is 1.83. The number of imide groups is 1. The van der Waals surface area contributed by atoms with Gasteiger partial charge < -0.3 is 0 Å². The number of carbonyl (C=O) groups excluding carboxylic acids is 2. The SMILES string of the molecule is O=C1CNCC(=O)N1Cc1ccc(F)cc1Cl. The first-order valence-corrected chi connectivity index (χ1v) is 5.43. The minimum absolute atomic E-state index is 0.0818. The van der Waals surface area contributed by atoms with E-state index < -0.39 is 5.82 Å². The molecule has 17 heavy (non-hydrogen) atoms. The van der Waals surface area contributed by atoms with Crippen LogP contribution >= 0.6 is 11.6 Å². The average Bonchev–Trinajstić information content (AvgIpc) is 2.26. The van der Waals surface area contributed by atoms with Gasteiger partial charge in [-0.2, -0.15) is 0 Å². The molecule has 0 aliphatic carbocycles. The Bertz CT molecular complexity index is 463. The molecule has 0 saturated carbocycles. The lowest BCUT2D eigenvalue weighted by atomic mass is 10.2. The fraction of sp³-hybridized carbons (Fsp3) is 0.273. The summed E-state index contributed by atoms with van der Waals surface area (Å²) in [7, 11) is 0. The second-order valence-electron chi connectivity index (χ2n) is 3.71. The molecule has 0 atom stereocenters. The summed E-state index contributed by atoms with van der Waals surface area (Å²) in [5.41, 5.74) is 0.552. The van der Waals surface area contributed by atoms with Gasteiger partial charge in [-0.05, 0) is 17.7 Å². The average molecular weight is 257 g/mol. The van der Waals surface area contributed by atoms with Gasteiger partial charge in [0.25, 0.3) is 0 Å². The van der Waals surface area contributed by atoms with Crippen LogP contribution in [0.25, 0.3) is 0 Å². The monoisotopic (exact) mass is 256 g/mol. The Hall–Kier alpha value is -1.46. The quantitative estimate of drug-likeness (QED) is 0.801. The van der Waals surface area contributed by atoms with E-state index in [4.69, 9.17) is 11.6 Å². The second-order valence-corrected chi connectivity index (χ2v) is 4.12. The molecule has 1 heterocycles. The lowest BCUT2D eigenvalue weighted by molar-refractivity contribution is -0.147. The van der Waals surface area contributed by atoms with E-state index in [2.05, 4.69) is 5.32 Å². The lowest BCUT2D eigenvalue weighted by Gasteiger charge is -2.25. The van der Waals surface area contributed by atoms with Crippen LogP contribution in [0.15, 0.2) is 18.2 Å². The third kappa shape index (κ3) is 2.62. The Morgan fingerprint density at radius 3 is 2.53 bits per heavy atom. The van der Waals surface area contributed by atoms with Crippen LogP contribution in [0.3, 0.4) is 0 Å². The molecule has 1 aliphatic heterocycles. The van der Waals surface area contributed by atoms with Crippen molar-refractivity contribution in [2.75, 3.05) is 13.1 Å². The number of carbonyl (C=O) groups is 2. The topological polar surface area (TPSA) is 49.4 Å². The Balaban J connectivity index is 2.19. The Kier molecular flexibility index (Phi) is 3.40. The maximum absolute atomic E-state index is 12.8. The molecule has 1 N–H and O–H groups in total. The molecule has 2 rings (SSSR count). The molecule has 1 aromatic rings. The van der Waals surface area contributed by atoms with Crippen LogP contribution in [-0.2, 0) is 16.1 Å². The largest absolute Gasteiger partial charge is 0.300 e. The van der Waals surface area contributed by atoms with E-state index in [1.54, 1.807) is 0 Å². The number of halogens is 2. The van der Waals surface area contributed by atoms with Crippen molar-refractivity contribution in [3.8, 4) is 0 Å². The maximum atomic E-state index is 12.8. The molecular formula is C11H10ClFN2O2. The number of hydrogen-bond acceptors (Lipinski definition) is 3. The van der Waals surface area contributed by atoms with Crippen molar-refractivity contribution in [2.45, 2.75) is 6.54 Å². The number of piperazine rings is 1. The van der Waals surface area contributed by atoms with Crippen LogP contribution in [0.5, 0.6) is 0 Å². The molecule has 1 fully saturated rings. The van der Waals surface area contributed by atoms with Crippen molar-refractivity contribution in [3.63, 3.8) is 0 Å². The van der Waals surface area contributed by atoms with Gasteiger partial charge in [0.05, 0.1) is 19.6 Å². The summed E-state index contributed by atoms with van der Waals surface area (Å²) in [5.74, 6) is -1.06. The highest BCUT2D eigenvalue weighted by atomic mass is 35.5. The van der Waals surface area contributed by atoms with E-state index in [0.29, 0.717) is 5.56 Å². The summed E-state index contributed by atoms with van der Waals surface area (Å²) in [6.45, 7) is 0.341. The molecule has 2 amide bonds. The fourth-order valence-electron chi connectivity index (χ4n) is 1.60. The Morgan fingerprint density at radius 2 is 1.94 bits per heavy atom. The van der Waals surface area contributed by atoms with Gasteiger partial charge in [0, 0.05) is 5.02 Å². The van der Waals surface area contributed by atoms with E-state index in [1.807, 2.05) is 0 Å². The third-order valence-electron chi connectivity index (χ3n) is 2.50. The van der Waals surface area contributed by atoms with Crippen LogP contribution in [0.1, 0.15) is 5.56 Å². The first-order chi connectivity index (χ1) is 8.08. The molecule has 1 aromatic carbocycles. The number of nitrogens with one attached hydrogen (secondary N) is 1. The molecule has 0 unspecified atom stereocenters. The van der Waals surface area contributed by atoms with Gasteiger partial charge in [-0.25, -0.2) is 4.39 Å². The van der Waals surface area contributed by atoms with Gasteiger partial charge >= 0.3 is 0 Å². The first kappa shape index (κ1) is 12.0. The van der Waals surface area contributed by atoms with Crippen molar-refractivity contribution in [1.82, 2.24) is 10.2 Å². The van der Waals surface area contributed by atoms with Crippen LogP contribution < -0.4 is 5.32 Å². The standard InChI is InChI=1S/C11H10ClFN2O2/c12-9-3-8(13)2-1-7(9)6-15-10(16)4-14-5-11(15)17/h1-3,14H,4-6H2. The zero-order valence-electron chi connectivity index (χ0n) is 8.87. The third-order valence-corrected chi connectivity index (χ3v) is 2.85. The molecule has 0 bridgehead atoms. The molecule has 0 spiro atoms. The van der Waals surface area contributed by atoms with E-state index in [-0.39, 0.29) is 36.5 Å². The minimum Gasteiger partial charge on any atom is -0.300 e. The summed E-state index contributed by atoms with van der Waals surface area (Å²) < 4.78 is 12.8. The highest BCUT2D eigenvalue weighted by Gasteiger charge is 2.26. The maximum Gasteiger partial charge on any atom is 0.243 e. The number of benzene rings is 1. The summed E-state index contributed by atoms with van der Waals surface area (Å²) >= 11 is 5.84. The molecule has 4 nitrogen and oxygen atoms in total. The van der Waals surface area contributed by atoms with Gasteiger partial charge in [0.2, 0.25) is 11.8 Å². The summed E-state index contributed by atoms with van der Waals surface area (Å²) in [6.07, 6.45) is 0. The molecule has 6 heteroatoms. The van der Waals surface area contributed by atoms with Crippen LogP contribution in [0, 0.1) is 5.82 Å². The lowest BCUT2D eigenvalue weighted by Crippen LogP contribution is -2.51. The summed E-state index contributed by atoms with van der Waals surface area (Å²) in [6, 6.07) is 3.88. The predicted octanol–water partition coefficient (Wildman–Crippen LogP) is 0.938. The van der Waals surface area contributed by atoms with Crippen molar-refractivity contribution in [1.29, 1.82) is 0 Å². The van der Waals surface area contributed by atoms with Crippen LogP contribution in [0.2, 0.25) is 5.02 Å².